The molecule has 1 unspecified atom stereocenters. The zero-order chi connectivity index (χ0) is 15.5. The van der Waals surface area contributed by atoms with Gasteiger partial charge in [-0.15, -0.1) is 0 Å². The first-order valence-corrected chi connectivity index (χ1v) is 9.09. The van der Waals surface area contributed by atoms with Crippen molar-refractivity contribution in [2.24, 2.45) is 5.41 Å². The second-order valence-corrected chi connectivity index (χ2v) is 8.27. The summed E-state index contributed by atoms with van der Waals surface area (Å²) in [7, 11) is -3.07. The van der Waals surface area contributed by atoms with E-state index in [1.807, 2.05) is 0 Å². The largest absolute Gasteiger partial charge is 0.481 e. The standard InChI is InChI=1S/C13H22N2O5S/c16-11(7-10-8-21(19,20)6-5-14-10)15-9-13(12(17)18)3-1-2-4-13/h10,14H,1-9H2,(H,15,16)(H,17,18). The summed E-state index contributed by atoms with van der Waals surface area (Å²) in [5.74, 6) is -1.09. The van der Waals surface area contributed by atoms with E-state index in [0.717, 1.165) is 12.8 Å². The van der Waals surface area contributed by atoms with Gasteiger partial charge in [-0.1, -0.05) is 12.8 Å². The fraction of sp³-hybridized carbons (Fsp3) is 0.846. The van der Waals surface area contributed by atoms with Crippen LogP contribution in [0, 0.1) is 5.41 Å². The Balaban J connectivity index is 1.83. The van der Waals surface area contributed by atoms with E-state index in [-0.39, 0.29) is 36.4 Å². The minimum absolute atomic E-state index is 0.0372. The molecule has 2 fully saturated rings. The smallest absolute Gasteiger partial charge is 0.311 e. The molecule has 0 aromatic rings. The van der Waals surface area contributed by atoms with Gasteiger partial charge in [-0.05, 0) is 12.8 Å². The highest BCUT2D eigenvalue weighted by Crippen LogP contribution is 2.37. The number of sulfone groups is 1. The molecule has 1 saturated heterocycles. The molecule has 1 aliphatic heterocycles. The Morgan fingerprint density at radius 3 is 2.52 bits per heavy atom. The van der Waals surface area contributed by atoms with Gasteiger partial charge in [0.05, 0.1) is 16.9 Å². The summed E-state index contributed by atoms with van der Waals surface area (Å²) in [6.45, 7) is 0.486. The molecule has 1 saturated carbocycles. The molecule has 1 heterocycles. The molecule has 3 N–H and O–H groups in total. The van der Waals surface area contributed by atoms with Crippen molar-refractivity contribution in [3.8, 4) is 0 Å². The predicted octanol–water partition coefficient (Wildman–Crippen LogP) is -0.476. The van der Waals surface area contributed by atoms with E-state index in [2.05, 4.69) is 10.6 Å². The molecule has 2 aliphatic rings. The van der Waals surface area contributed by atoms with E-state index in [1.54, 1.807) is 0 Å². The molecule has 0 bridgehead atoms. The lowest BCUT2D eigenvalue weighted by Crippen LogP contribution is -2.48. The van der Waals surface area contributed by atoms with E-state index < -0.39 is 21.2 Å². The van der Waals surface area contributed by atoms with E-state index in [0.29, 0.717) is 19.4 Å². The maximum atomic E-state index is 11.9. The topological polar surface area (TPSA) is 113 Å². The summed E-state index contributed by atoms with van der Waals surface area (Å²) >= 11 is 0. The number of hydrogen-bond donors (Lipinski definition) is 3. The van der Waals surface area contributed by atoms with Crippen LogP contribution in [0.5, 0.6) is 0 Å². The van der Waals surface area contributed by atoms with Crippen molar-refractivity contribution >= 4 is 21.7 Å². The highest BCUT2D eigenvalue weighted by atomic mass is 32.2. The fourth-order valence-electron chi connectivity index (χ4n) is 3.08. The van der Waals surface area contributed by atoms with Crippen LogP contribution in [0.1, 0.15) is 32.1 Å². The van der Waals surface area contributed by atoms with E-state index in [9.17, 15) is 23.1 Å². The summed E-state index contributed by atoms with van der Waals surface area (Å²) in [5, 5.41) is 15.0. The van der Waals surface area contributed by atoms with Gasteiger partial charge in [-0.3, -0.25) is 9.59 Å². The van der Waals surface area contributed by atoms with E-state index in [4.69, 9.17) is 0 Å². The molecule has 0 spiro atoms. The van der Waals surface area contributed by atoms with Gasteiger partial charge in [0.1, 0.15) is 0 Å². The maximum Gasteiger partial charge on any atom is 0.311 e. The molecule has 0 aromatic heterocycles. The molecule has 120 valence electrons. The minimum atomic E-state index is -3.07. The van der Waals surface area contributed by atoms with Gasteiger partial charge in [0.15, 0.2) is 9.84 Å². The summed E-state index contributed by atoms with van der Waals surface area (Å²) in [4.78, 5) is 23.3. The zero-order valence-corrected chi connectivity index (χ0v) is 12.7. The normalized spacial score (nSPS) is 27.1. The van der Waals surface area contributed by atoms with Gasteiger partial charge in [0.2, 0.25) is 5.91 Å². The highest BCUT2D eigenvalue weighted by molar-refractivity contribution is 7.91. The average molecular weight is 318 g/mol. The first-order chi connectivity index (χ1) is 9.83. The monoisotopic (exact) mass is 318 g/mol. The lowest BCUT2D eigenvalue weighted by atomic mass is 9.86. The molecular formula is C13H22N2O5S. The highest BCUT2D eigenvalue weighted by Gasteiger charge is 2.41. The van der Waals surface area contributed by atoms with Gasteiger partial charge in [-0.2, -0.15) is 0 Å². The average Bonchev–Trinajstić information content (AvgIpc) is 2.85. The molecule has 7 nitrogen and oxygen atoms in total. The van der Waals surface area contributed by atoms with Crippen LogP contribution in [0.2, 0.25) is 0 Å². The second-order valence-electron chi connectivity index (χ2n) is 6.04. The molecular weight excluding hydrogens is 296 g/mol. The number of carbonyl (C=O) groups is 2. The molecule has 8 heteroatoms. The molecule has 1 amide bonds. The Labute approximate surface area is 124 Å². The lowest BCUT2D eigenvalue weighted by Gasteiger charge is -2.26. The Bertz CT molecular complexity index is 511. The number of aliphatic carboxylic acids is 1. The first kappa shape index (κ1) is 16.2. The van der Waals surface area contributed by atoms with Gasteiger partial charge in [0.25, 0.3) is 0 Å². The van der Waals surface area contributed by atoms with E-state index >= 15 is 0 Å². The van der Waals surface area contributed by atoms with Crippen LogP contribution >= 0.6 is 0 Å². The number of amides is 1. The summed E-state index contributed by atoms with van der Waals surface area (Å²) in [6.07, 6.45) is 2.96. The Hall–Kier alpha value is -1.15. The number of rotatable bonds is 5. The van der Waals surface area contributed by atoms with Crippen molar-refractivity contribution in [1.82, 2.24) is 10.6 Å². The Morgan fingerprint density at radius 2 is 1.95 bits per heavy atom. The number of carboxylic acid groups (broad SMARTS) is 1. The van der Waals surface area contributed by atoms with Crippen molar-refractivity contribution in [2.75, 3.05) is 24.6 Å². The van der Waals surface area contributed by atoms with Crippen LogP contribution in [0.3, 0.4) is 0 Å². The summed E-state index contributed by atoms with van der Waals surface area (Å²) in [5.41, 5.74) is -0.846. The zero-order valence-electron chi connectivity index (χ0n) is 11.9. The van der Waals surface area contributed by atoms with Gasteiger partial charge < -0.3 is 15.7 Å². The number of hydrogen-bond acceptors (Lipinski definition) is 5. The number of carboxylic acids is 1. The van der Waals surface area contributed by atoms with Crippen molar-refractivity contribution < 1.29 is 23.1 Å². The van der Waals surface area contributed by atoms with Crippen LogP contribution in [-0.4, -0.2) is 56.0 Å². The minimum Gasteiger partial charge on any atom is -0.481 e. The Morgan fingerprint density at radius 1 is 1.29 bits per heavy atom. The fourth-order valence-corrected chi connectivity index (χ4v) is 4.52. The van der Waals surface area contributed by atoms with Gasteiger partial charge >= 0.3 is 5.97 Å². The SMILES string of the molecule is O=C(CC1CS(=O)(=O)CCN1)NCC1(C(=O)O)CCCC1. The maximum absolute atomic E-state index is 11.9. The third-order valence-corrected chi connectivity index (χ3v) is 6.11. The summed E-state index contributed by atoms with van der Waals surface area (Å²) in [6, 6.07) is -0.381. The molecule has 0 aromatic carbocycles. The quantitative estimate of drug-likeness (QED) is 0.631. The summed E-state index contributed by atoms with van der Waals surface area (Å²) < 4.78 is 23.0. The number of carbonyl (C=O) groups excluding carboxylic acids is 1. The molecule has 1 aliphatic carbocycles. The molecule has 2 rings (SSSR count). The van der Waals surface area contributed by atoms with Crippen LogP contribution in [-0.2, 0) is 19.4 Å². The molecule has 21 heavy (non-hydrogen) atoms. The van der Waals surface area contributed by atoms with E-state index in [1.165, 1.54) is 0 Å². The van der Waals surface area contributed by atoms with Crippen molar-refractivity contribution in [2.45, 2.75) is 38.1 Å². The van der Waals surface area contributed by atoms with Crippen LogP contribution in [0.4, 0.5) is 0 Å². The lowest BCUT2D eigenvalue weighted by molar-refractivity contribution is -0.148. The van der Waals surface area contributed by atoms with Crippen LogP contribution in [0.15, 0.2) is 0 Å². The van der Waals surface area contributed by atoms with Gasteiger partial charge in [0, 0.05) is 25.6 Å². The predicted molar refractivity (Wildman–Crippen MR) is 76.6 cm³/mol. The third kappa shape index (κ3) is 4.16. The van der Waals surface area contributed by atoms with Crippen molar-refractivity contribution in [3.63, 3.8) is 0 Å². The third-order valence-electron chi connectivity index (χ3n) is 4.37. The second kappa shape index (κ2) is 6.31. The van der Waals surface area contributed by atoms with Crippen LogP contribution in [0.25, 0.3) is 0 Å². The Kier molecular flexibility index (Phi) is 4.88. The van der Waals surface area contributed by atoms with Crippen LogP contribution < -0.4 is 10.6 Å². The molecule has 1 atom stereocenters. The van der Waals surface area contributed by atoms with Crippen molar-refractivity contribution in [1.29, 1.82) is 0 Å². The van der Waals surface area contributed by atoms with Gasteiger partial charge in [-0.25, -0.2) is 8.42 Å². The first-order valence-electron chi connectivity index (χ1n) is 7.27. The molecule has 0 radical (unpaired) electrons. The van der Waals surface area contributed by atoms with Crippen molar-refractivity contribution in [3.05, 3.63) is 0 Å². The number of nitrogens with one attached hydrogen (secondary N) is 2.